The lowest BCUT2D eigenvalue weighted by Gasteiger charge is -2.15. The number of ether oxygens (including phenoxy) is 2. The highest BCUT2D eigenvalue weighted by Crippen LogP contribution is 2.19. The van der Waals surface area contributed by atoms with Gasteiger partial charge in [-0.15, -0.1) is 0 Å². The summed E-state index contributed by atoms with van der Waals surface area (Å²) in [6.45, 7) is 3.12. The van der Waals surface area contributed by atoms with Crippen LogP contribution in [-0.2, 0) is 14.8 Å². The molecule has 0 aromatic heterocycles. The molecule has 2 atom stereocenters. The first-order chi connectivity index (χ1) is 13.3. The zero-order chi connectivity index (χ0) is 20.1. The predicted molar refractivity (Wildman–Crippen MR) is 105 cm³/mol. The van der Waals surface area contributed by atoms with Gasteiger partial charge in [0.25, 0.3) is 5.91 Å². The molecule has 1 aliphatic rings. The van der Waals surface area contributed by atoms with E-state index in [1.807, 2.05) is 6.92 Å². The van der Waals surface area contributed by atoms with Gasteiger partial charge in [-0.3, -0.25) is 4.79 Å². The number of primary sulfonamides is 1. The van der Waals surface area contributed by atoms with Gasteiger partial charge in [-0.05, 0) is 61.7 Å². The Balaban J connectivity index is 1.56. The second kappa shape index (κ2) is 8.72. The normalized spacial score (nSPS) is 17.9. The van der Waals surface area contributed by atoms with E-state index < -0.39 is 10.0 Å². The second-order valence-corrected chi connectivity index (χ2v) is 8.34. The molecule has 0 aliphatic carbocycles. The fourth-order valence-corrected chi connectivity index (χ4v) is 3.49. The number of hydrogen-bond acceptors (Lipinski definition) is 5. The molecular weight excluding hydrogens is 380 g/mol. The second-order valence-electron chi connectivity index (χ2n) is 6.78. The van der Waals surface area contributed by atoms with Crippen LogP contribution in [-0.4, -0.2) is 33.6 Å². The van der Waals surface area contributed by atoms with Crippen LogP contribution >= 0.6 is 0 Å². The van der Waals surface area contributed by atoms with Crippen molar-refractivity contribution >= 4 is 15.9 Å². The summed E-state index contributed by atoms with van der Waals surface area (Å²) in [7, 11) is -3.73. The van der Waals surface area contributed by atoms with Crippen molar-refractivity contribution in [3.8, 4) is 5.75 Å². The summed E-state index contributed by atoms with van der Waals surface area (Å²) >= 11 is 0. The van der Waals surface area contributed by atoms with E-state index in [1.165, 1.54) is 12.1 Å². The van der Waals surface area contributed by atoms with Crippen molar-refractivity contribution in [2.45, 2.75) is 36.8 Å². The summed E-state index contributed by atoms with van der Waals surface area (Å²) in [5, 5.41) is 7.98. The molecule has 1 fully saturated rings. The Bertz CT molecular complexity index is 905. The van der Waals surface area contributed by atoms with Crippen LogP contribution in [0.1, 0.15) is 41.7 Å². The Labute approximate surface area is 164 Å². The molecule has 1 amide bonds. The third-order valence-electron chi connectivity index (χ3n) is 4.63. The molecule has 150 valence electrons. The largest absolute Gasteiger partial charge is 0.491 e. The lowest BCUT2D eigenvalue weighted by atomic mass is 10.1. The van der Waals surface area contributed by atoms with Crippen LogP contribution in [0.25, 0.3) is 0 Å². The highest BCUT2D eigenvalue weighted by atomic mass is 32.2. The smallest absolute Gasteiger partial charge is 0.251 e. The maximum absolute atomic E-state index is 12.4. The van der Waals surface area contributed by atoms with Crippen molar-refractivity contribution in [1.29, 1.82) is 0 Å². The summed E-state index contributed by atoms with van der Waals surface area (Å²) in [5.41, 5.74) is 1.29. The number of nitrogens with one attached hydrogen (secondary N) is 1. The number of carbonyl (C=O) groups excluding carboxylic acids is 1. The van der Waals surface area contributed by atoms with E-state index in [2.05, 4.69) is 5.32 Å². The van der Waals surface area contributed by atoms with Gasteiger partial charge in [0.15, 0.2) is 0 Å². The lowest BCUT2D eigenvalue weighted by Crippen LogP contribution is -2.26. The van der Waals surface area contributed by atoms with Crippen LogP contribution in [0, 0.1) is 0 Å². The van der Waals surface area contributed by atoms with Gasteiger partial charge in [-0.1, -0.05) is 12.1 Å². The number of sulfonamides is 1. The molecule has 2 unspecified atom stereocenters. The maximum atomic E-state index is 12.4. The first-order valence-corrected chi connectivity index (χ1v) is 10.7. The zero-order valence-corrected chi connectivity index (χ0v) is 16.4. The average Bonchev–Trinajstić information content (AvgIpc) is 3.20. The molecule has 3 rings (SSSR count). The molecular formula is C20H24N2O5S. The number of rotatable bonds is 7. The molecule has 8 heteroatoms. The molecule has 2 aromatic rings. The quantitative estimate of drug-likeness (QED) is 0.737. The van der Waals surface area contributed by atoms with Gasteiger partial charge in [0, 0.05) is 12.2 Å². The summed E-state index contributed by atoms with van der Waals surface area (Å²) in [6, 6.07) is 12.7. The summed E-state index contributed by atoms with van der Waals surface area (Å²) in [6.07, 6.45) is 2.22. The van der Waals surface area contributed by atoms with Gasteiger partial charge >= 0.3 is 0 Å². The molecule has 0 saturated carbocycles. The SMILES string of the molecule is CC(NC(=O)c1ccc(OCC2CCCO2)cc1)c1ccc(S(N)(=O)=O)cc1. The van der Waals surface area contributed by atoms with Crippen LogP contribution < -0.4 is 15.2 Å². The van der Waals surface area contributed by atoms with E-state index >= 15 is 0 Å². The number of nitrogens with two attached hydrogens (primary N) is 1. The number of carbonyl (C=O) groups is 1. The molecule has 1 saturated heterocycles. The predicted octanol–water partition coefficient (Wildman–Crippen LogP) is 2.38. The van der Waals surface area contributed by atoms with Crippen molar-refractivity contribution in [3.63, 3.8) is 0 Å². The van der Waals surface area contributed by atoms with E-state index in [0.717, 1.165) is 25.0 Å². The van der Waals surface area contributed by atoms with Gasteiger partial charge in [0.2, 0.25) is 10.0 Å². The highest BCUT2D eigenvalue weighted by Gasteiger charge is 2.16. The summed E-state index contributed by atoms with van der Waals surface area (Å²) in [5.74, 6) is 0.465. The molecule has 1 aliphatic heterocycles. The minimum atomic E-state index is -3.73. The van der Waals surface area contributed by atoms with Gasteiger partial charge in [0.1, 0.15) is 12.4 Å². The van der Waals surface area contributed by atoms with Crippen LogP contribution in [0.5, 0.6) is 5.75 Å². The Morgan fingerprint density at radius 1 is 1.21 bits per heavy atom. The first-order valence-electron chi connectivity index (χ1n) is 9.11. The van der Waals surface area contributed by atoms with Gasteiger partial charge in [-0.25, -0.2) is 13.6 Å². The lowest BCUT2D eigenvalue weighted by molar-refractivity contribution is 0.0679. The van der Waals surface area contributed by atoms with Crippen LogP contribution in [0.2, 0.25) is 0 Å². The zero-order valence-electron chi connectivity index (χ0n) is 15.6. The minimum Gasteiger partial charge on any atom is -0.491 e. The Kier molecular flexibility index (Phi) is 6.33. The van der Waals surface area contributed by atoms with E-state index in [0.29, 0.717) is 17.9 Å². The topological polar surface area (TPSA) is 108 Å². The molecule has 7 nitrogen and oxygen atoms in total. The van der Waals surface area contributed by atoms with Crippen molar-refractivity contribution in [2.75, 3.05) is 13.2 Å². The highest BCUT2D eigenvalue weighted by molar-refractivity contribution is 7.89. The summed E-state index contributed by atoms with van der Waals surface area (Å²) in [4.78, 5) is 12.5. The van der Waals surface area contributed by atoms with Crippen LogP contribution in [0.3, 0.4) is 0 Å². The molecule has 0 spiro atoms. The molecule has 28 heavy (non-hydrogen) atoms. The van der Waals surface area contributed by atoms with Crippen LogP contribution in [0.4, 0.5) is 0 Å². The van der Waals surface area contributed by atoms with Crippen molar-refractivity contribution in [3.05, 3.63) is 59.7 Å². The van der Waals surface area contributed by atoms with E-state index in [4.69, 9.17) is 14.6 Å². The summed E-state index contributed by atoms with van der Waals surface area (Å²) < 4.78 is 33.8. The Morgan fingerprint density at radius 2 is 1.89 bits per heavy atom. The standard InChI is InChI=1S/C20H24N2O5S/c1-14(15-6-10-19(11-7-15)28(21,24)25)22-20(23)16-4-8-17(9-5-16)27-13-18-3-2-12-26-18/h4-11,14,18H,2-3,12-13H2,1H3,(H,22,23)(H2,21,24,25). The fraction of sp³-hybridized carbons (Fsp3) is 0.350. The van der Waals surface area contributed by atoms with Gasteiger partial charge in [-0.2, -0.15) is 0 Å². The third kappa shape index (κ3) is 5.31. The maximum Gasteiger partial charge on any atom is 0.251 e. The number of benzene rings is 2. The molecule has 3 N–H and O–H groups in total. The average molecular weight is 404 g/mol. The third-order valence-corrected chi connectivity index (χ3v) is 5.56. The van der Waals surface area contributed by atoms with Crippen LogP contribution in [0.15, 0.2) is 53.4 Å². The number of hydrogen-bond donors (Lipinski definition) is 2. The minimum absolute atomic E-state index is 0.0355. The van der Waals surface area contributed by atoms with E-state index in [1.54, 1.807) is 36.4 Å². The molecule has 0 bridgehead atoms. The van der Waals surface area contributed by atoms with Crippen molar-refractivity contribution in [1.82, 2.24) is 5.32 Å². The van der Waals surface area contributed by atoms with Crippen molar-refractivity contribution in [2.24, 2.45) is 5.14 Å². The molecule has 1 heterocycles. The van der Waals surface area contributed by atoms with E-state index in [-0.39, 0.29) is 22.9 Å². The van der Waals surface area contributed by atoms with Gasteiger partial charge in [0.05, 0.1) is 17.0 Å². The first kappa shape index (κ1) is 20.3. The molecule has 2 aromatic carbocycles. The Morgan fingerprint density at radius 3 is 2.46 bits per heavy atom. The monoisotopic (exact) mass is 404 g/mol. The van der Waals surface area contributed by atoms with Gasteiger partial charge < -0.3 is 14.8 Å². The Hall–Kier alpha value is -2.42. The molecule has 0 radical (unpaired) electrons. The fourth-order valence-electron chi connectivity index (χ4n) is 2.98. The van der Waals surface area contributed by atoms with E-state index in [9.17, 15) is 13.2 Å². The number of amides is 1. The van der Waals surface area contributed by atoms with Crippen molar-refractivity contribution < 1.29 is 22.7 Å².